The average Bonchev–Trinajstić information content (AvgIpc) is 2.64. The van der Waals surface area contributed by atoms with Gasteiger partial charge in [0.25, 0.3) is 0 Å². The van der Waals surface area contributed by atoms with Crippen molar-refractivity contribution in [1.82, 2.24) is 4.90 Å². The summed E-state index contributed by atoms with van der Waals surface area (Å²) in [5.74, 6) is 2.49. The number of fused-ring (bicyclic) bond motifs is 1. The summed E-state index contributed by atoms with van der Waals surface area (Å²) in [5.41, 5.74) is 0.213. The number of nitrogens with zero attached hydrogens (tertiary/aromatic N) is 1. The summed E-state index contributed by atoms with van der Waals surface area (Å²) in [7, 11) is 0. The van der Waals surface area contributed by atoms with Crippen LogP contribution in [0.2, 0.25) is 0 Å². The van der Waals surface area contributed by atoms with Crippen LogP contribution in [0.5, 0.6) is 0 Å². The first-order valence-electron chi connectivity index (χ1n) is 8.85. The monoisotopic (exact) mass is 279 g/mol. The third-order valence-electron chi connectivity index (χ3n) is 6.50. The van der Waals surface area contributed by atoms with Gasteiger partial charge in [0.15, 0.2) is 0 Å². The molecule has 3 rings (SSSR count). The Kier molecular flexibility index (Phi) is 3.92. The van der Waals surface area contributed by atoms with E-state index in [2.05, 4.69) is 39.5 Å². The summed E-state index contributed by atoms with van der Waals surface area (Å²) in [6.45, 7) is 13.1. The molecule has 3 aliphatic rings. The topological polar surface area (TPSA) is 12.5 Å². The van der Waals surface area contributed by atoms with Crippen molar-refractivity contribution in [3.63, 3.8) is 0 Å². The Balaban J connectivity index is 1.70. The first-order chi connectivity index (χ1) is 9.42. The van der Waals surface area contributed by atoms with Crippen molar-refractivity contribution in [3.8, 4) is 0 Å². The first kappa shape index (κ1) is 14.8. The van der Waals surface area contributed by atoms with Crippen molar-refractivity contribution in [3.05, 3.63) is 0 Å². The molecule has 1 saturated carbocycles. The van der Waals surface area contributed by atoms with E-state index in [0.717, 1.165) is 17.8 Å². The molecule has 116 valence electrons. The van der Waals surface area contributed by atoms with Crippen molar-refractivity contribution in [2.75, 3.05) is 6.54 Å². The Morgan fingerprint density at radius 3 is 2.50 bits per heavy atom. The minimum absolute atomic E-state index is 0.213. The van der Waals surface area contributed by atoms with Crippen LogP contribution in [-0.2, 0) is 4.74 Å². The minimum Gasteiger partial charge on any atom is -0.371 e. The second-order valence-electron chi connectivity index (χ2n) is 8.29. The Morgan fingerprint density at radius 1 is 1.10 bits per heavy atom. The molecule has 1 spiro atoms. The normalized spacial score (nSPS) is 49.8. The van der Waals surface area contributed by atoms with Gasteiger partial charge in [0.1, 0.15) is 0 Å². The lowest BCUT2D eigenvalue weighted by Gasteiger charge is -2.52. The van der Waals surface area contributed by atoms with Gasteiger partial charge in [-0.05, 0) is 70.6 Å². The molecule has 20 heavy (non-hydrogen) atoms. The van der Waals surface area contributed by atoms with Crippen LogP contribution in [0.15, 0.2) is 0 Å². The highest BCUT2D eigenvalue weighted by atomic mass is 16.5. The number of likely N-dealkylation sites (tertiary alicyclic amines) is 1. The van der Waals surface area contributed by atoms with Crippen molar-refractivity contribution in [2.45, 2.75) is 90.5 Å². The third-order valence-corrected chi connectivity index (χ3v) is 6.50. The van der Waals surface area contributed by atoms with E-state index in [4.69, 9.17) is 4.74 Å². The zero-order chi connectivity index (χ0) is 14.5. The average molecular weight is 279 g/mol. The smallest absolute Gasteiger partial charge is 0.0713 e. The third kappa shape index (κ3) is 2.43. The molecule has 0 aromatic carbocycles. The Hall–Kier alpha value is -0.0800. The van der Waals surface area contributed by atoms with Gasteiger partial charge in [0.2, 0.25) is 0 Å². The molecule has 0 aromatic rings. The van der Waals surface area contributed by atoms with Gasteiger partial charge in [-0.1, -0.05) is 13.8 Å². The van der Waals surface area contributed by atoms with Crippen LogP contribution < -0.4 is 0 Å². The first-order valence-corrected chi connectivity index (χ1v) is 8.85. The molecule has 6 unspecified atom stereocenters. The van der Waals surface area contributed by atoms with E-state index in [9.17, 15) is 0 Å². The molecule has 0 aromatic heterocycles. The molecule has 0 radical (unpaired) electrons. The van der Waals surface area contributed by atoms with Gasteiger partial charge in [0.05, 0.1) is 11.7 Å². The Morgan fingerprint density at radius 2 is 1.85 bits per heavy atom. The molecule has 2 nitrogen and oxygen atoms in total. The van der Waals surface area contributed by atoms with Gasteiger partial charge in [-0.15, -0.1) is 0 Å². The lowest BCUT2D eigenvalue weighted by molar-refractivity contribution is -0.188. The zero-order valence-corrected chi connectivity index (χ0v) is 14.1. The van der Waals surface area contributed by atoms with Crippen LogP contribution in [0.4, 0.5) is 0 Å². The second kappa shape index (κ2) is 5.28. The van der Waals surface area contributed by atoms with Gasteiger partial charge in [-0.25, -0.2) is 0 Å². The van der Waals surface area contributed by atoms with E-state index in [1.54, 1.807) is 0 Å². The van der Waals surface area contributed by atoms with Gasteiger partial charge in [0, 0.05) is 18.6 Å². The fraction of sp³-hybridized carbons (Fsp3) is 1.00. The van der Waals surface area contributed by atoms with Crippen LogP contribution in [-0.4, -0.2) is 35.2 Å². The molecule has 0 bridgehead atoms. The Bertz CT molecular complexity index is 355. The molecule has 0 N–H and O–H groups in total. The van der Waals surface area contributed by atoms with Crippen LogP contribution in [0, 0.1) is 17.8 Å². The summed E-state index contributed by atoms with van der Waals surface area (Å²) in [6, 6.07) is 1.35. The van der Waals surface area contributed by atoms with E-state index in [1.807, 2.05) is 0 Å². The van der Waals surface area contributed by atoms with Gasteiger partial charge < -0.3 is 4.74 Å². The number of rotatable bonds is 1. The quantitative estimate of drug-likeness (QED) is 0.717. The second-order valence-corrected chi connectivity index (χ2v) is 8.29. The number of piperidine rings is 1. The zero-order valence-electron chi connectivity index (χ0n) is 14.1. The Labute approximate surface area is 125 Å². The summed E-state index contributed by atoms with van der Waals surface area (Å²) in [4.78, 5) is 2.65. The fourth-order valence-corrected chi connectivity index (χ4v) is 5.48. The molecule has 2 heteroatoms. The lowest BCUT2D eigenvalue weighted by Crippen LogP contribution is -2.56. The van der Waals surface area contributed by atoms with E-state index in [0.29, 0.717) is 18.2 Å². The largest absolute Gasteiger partial charge is 0.371 e. The summed E-state index contributed by atoms with van der Waals surface area (Å²) in [5, 5.41) is 0. The predicted molar refractivity (Wildman–Crippen MR) is 83.8 cm³/mol. The molecular formula is C18H33NO. The highest BCUT2D eigenvalue weighted by Crippen LogP contribution is 2.50. The minimum atomic E-state index is 0.213. The molecular weight excluding hydrogens is 246 g/mol. The van der Waals surface area contributed by atoms with Crippen LogP contribution in [0.3, 0.4) is 0 Å². The standard InChI is InChI=1S/C18H33NO/c1-12(2)19-9-8-18(11-15(19)5)7-6-16-13(3)10-14(4)17(16)20-18/h12-17H,6-11H2,1-5H3. The predicted octanol–water partition coefficient (Wildman–Crippen LogP) is 4.09. The maximum Gasteiger partial charge on any atom is 0.0713 e. The van der Waals surface area contributed by atoms with Crippen molar-refractivity contribution >= 4 is 0 Å². The maximum atomic E-state index is 6.79. The van der Waals surface area contributed by atoms with E-state index >= 15 is 0 Å². The number of ether oxygens (including phenoxy) is 1. The van der Waals surface area contributed by atoms with Crippen molar-refractivity contribution in [2.24, 2.45) is 17.8 Å². The van der Waals surface area contributed by atoms with Crippen molar-refractivity contribution < 1.29 is 4.74 Å². The van der Waals surface area contributed by atoms with Crippen LogP contribution in [0.1, 0.15) is 66.7 Å². The van der Waals surface area contributed by atoms with Gasteiger partial charge in [-0.2, -0.15) is 0 Å². The van der Waals surface area contributed by atoms with Gasteiger partial charge >= 0.3 is 0 Å². The molecule has 1 aliphatic carbocycles. The number of hydrogen-bond donors (Lipinski definition) is 0. The lowest BCUT2D eigenvalue weighted by atomic mass is 9.76. The fourth-order valence-electron chi connectivity index (χ4n) is 5.48. The van der Waals surface area contributed by atoms with Crippen molar-refractivity contribution in [1.29, 1.82) is 0 Å². The summed E-state index contributed by atoms with van der Waals surface area (Å²) >= 11 is 0. The molecule has 2 aliphatic heterocycles. The summed E-state index contributed by atoms with van der Waals surface area (Å²) < 4.78 is 6.79. The SMILES string of the molecule is CC1CC(C)C2OC3(CCC12)CCN(C(C)C)C(C)C3. The van der Waals surface area contributed by atoms with E-state index in [1.165, 1.54) is 38.6 Å². The molecule has 0 amide bonds. The van der Waals surface area contributed by atoms with E-state index in [-0.39, 0.29) is 5.60 Å². The molecule has 2 saturated heterocycles. The van der Waals surface area contributed by atoms with Crippen LogP contribution >= 0.6 is 0 Å². The van der Waals surface area contributed by atoms with Crippen LogP contribution in [0.25, 0.3) is 0 Å². The molecule has 2 heterocycles. The highest BCUT2D eigenvalue weighted by Gasteiger charge is 2.50. The summed E-state index contributed by atoms with van der Waals surface area (Å²) in [6.07, 6.45) is 7.14. The van der Waals surface area contributed by atoms with E-state index < -0.39 is 0 Å². The molecule has 3 fully saturated rings. The maximum absolute atomic E-state index is 6.79. The van der Waals surface area contributed by atoms with Gasteiger partial charge in [-0.3, -0.25) is 4.90 Å². The highest BCUT2D eigenvalue weighted by molar-refractivity contribution is 5.01. The number of hydrogen-bond acceptors (Lipinski definition) is 2. The molecule has 6 atom stereocenters.